The molecule has 166 valence electrons. The average molecular weight is 455 g/mol. The Balaban J connectivity index is 1.88. The van der Waals surface area contributed by atoms with Crippen LogP contribution >= 0.6 is 0 Å². The fourth-order valence-corrected chi connectivity index (χ4v) is 4.64. The fourth-order valence-electron chi connectivity index (χ4n) is 3.16. The van der Waals surface area contributed by atoms with Gasteiger partial charge < -0.3 is 4.74 Å². The van der Waals surface area contributed by atoms with Crippen molar-refractivity contribution in [3.05, 3.63) is 59.7 Å². The molecule has 0 fully saturated rings. The Kier molecular flexibility index (Phi) is 6.65. The van der Waals surface area contributed by atoms with E-state index in [9.17, 15) is 26.4 Å². The van der Waals surface area contributed by atoms with E-state index in [1.165, 1.54) is 12.1 Å². The minimum absolute atomic E-state index is 0.155. The number of halogens is 3. The van der Waals surface area contributed by atoms with Crippen LogP contribution in [0.25, 0.3) is 11.0 Å². The molecule has 2 aromatic carbocycles. The van der Waals surface area contributed by atoms with Gasteiger partial charge in [-0.3, -0.25) is 4.57 Å². The van der Waals surface area contributed by atoms with Crippen molar-refractivity contribution >= 4 is 27.0 Å². The van der Waals surface area contributed by atoms with Crippen LogP contribution in [0.15, 0.2) is 47.4 Å². The third-order valence-electron chi connectivity index (χ3n) is 4.70. The highest BCUT2D eigenvalue weighted by molar-refractivity contribution is 7.89. The quantitative estimate of drug-likeness (QED) is 0.481. The third kappa shape index (κ3) is 4.42. The van der Waals surface area contributed by atoms with Crippen LogP contribution in [-0.4, -0.2) is 41.3 Å². The van der Waals surface area contributed by atoms with Crippen molar-refractivity contribution < 1.29 is 31.1 Å². The average Bonchev–Trinajstić information content (AvgIpc) is 3.11. The number of imidazole rings is 1. The lowest BCUT2D eigenvalue weighted by Crippen LogP contribution is -2.30. The third-order valence-corrected chi connectivity index (χ3v) is 6.74. The zero-order valence-electron chi connectivity index (χ0n) is 16.8. The van der Waals surface area contributed by atoms with Crippen LogP contribution in [0, 0.1) is 5.82 Å². The second kappa shape index (κ2) is 9.06. The van der Waals surface area contributed by atoms with E-state index in [2.05, 4.69) is 4.98 Å². The Labute approximate surface area is 177 Å². The van der Waals surface area contributed by atoms with Crippen molar-refractivity contribution in [3.8, 4) is 0 Å². The normalized spacial score (nSPS) is 12.1. The number of rotatable bonds is 8. The molecule has 31 heavy (non-hydrogen) atoms. The topological polar surface area (TPSA) is 81.5 Å². The number of carbonyl (C=O) groups is 1. The van der Waals surface area contributed by atoms with Gasteiger partial charge in [-0.1, -0.05) is 26.0 Å². The SMILES string of the molecule is CCN(CC)S(=O)(=O)c1ccc(F)c(C(=O)OCc2nc3ccccc3n2C(F)F)c1. The predicted molar refractivity (Wildman–Crippen MR) is 107 cm³/mol. The van der Waals surface area contributed by atoms with Crippen molar-refractivity contribution in [2.45, 2.75) is 31.9 Å². The highest BCUT2D eigenvalue weighted by Crippen LogP contribution is 2.24. The van der Waals surface area contributed by atoms with E-state index in [1.54, 1.807) is 26.0 Å². The van der Waals surface area contributed by atoms with Gasteiger partial charge in [-0.2, -0.15) is 13.1 Å². The first-order valence-electron chi connectivity index (χ1n) is 9.41. The van der Waals surface area contributed by atoms with Crippen LogP contribution in [0.1, 0.15) is 36.6 Å². The molecule has 0 N–H and O–H groups in total. The van der Waals surface area contributed by atoms with Gasteiger partial charge >= 0.3 is 12.5 Å². The van der Waals surface area contributed by atoms with E-state index >= 15 is 0 Å². The number of hydrogen-bond donors (Lipinski definition) is 0. The highest BCUT2D eigenvalue weighted by atomic mass is 32.2. The monoisotopic (exact) mass is 455 g/mol. The van der Waals surface area contributed by atoms with Gasteiger partial charge in [-0.15, -0.1) is 0 Å². The first kappa shape index (κ1) is 22.8. The first-order valence-corrected chi connectivity index (χ1v) is 10.9. The summed E-state index contributed by atoms with van der Waals surface area (Å²) in [7, 11) is -3.93. The van der Waals surface area contributed by atoms with Gasteiger partial charge in [0.2, 0.25) is 10.0 Å². The number of benzene rings is 2. The molecule has 0 amide bonds. The summed E-state index contributed by atoms with van der Waals surface area (Å²) < 4.78 is 73.2. The maximum absolute atomic E-state index is 14.2. The second-order valence-corrected chi connectivity index (χ2v) is 8.41. The van der Waals surface area contributed by atoms with Crippen LogP contribution in [-0.2, 0) is 21.4 Å². The van der Waals surface area contributed by atoms with Gasteiger partial charge in [0.15, 0.2) is 5.82 Å². The lowest BCUT2D eigenvalue weighted by molar-refractivity contribution is 0.0383. The molecule has 1 aromatic heterocycles. The number of alkyl halides is 2. The summed E-state index contributed by atoms with van der Waals surface area (Å²) in [5, 5.41) is 0. The van der Waals surface area contributed by atoms with Gasteiger partial charge in [0.25, 0.3) is 0 Å². The molecule has 3 rings (SSSR count). The summed E-state index contributed by atoms with van der Waals surface area (Å²) >= 11 is 0. The van der Waals surface area contributed by atoms with Gasteiger partial charge in [0.05, 0.1) is 21.5 Å². The number of carbonyl (C=O) groups excluding carboxylic acids is 1. The summed E-state index contributed by atoms with van der Waals surface area (Å²) in [4.78, 5) is 16.2. The van der Waals surface area contributed by atoms with E-state index in [4.69, 9.17) is 4.74 Å². The van der Waals surface area contributed by atoms with E-state index in [0.29, 0.717) is 4.57 Å². The first-order chi connectivity index (χ1) is 14.7. The smallest absolute Gasteiger partial charge is 0.341 e. The minimum Gasteiger partial charge on any atom is -0.454 e. The molecule has 0 atom stereocenters. The van der Waals surface area contributed by atoms with E-state index < -0.39 is 40.5 Å². The van der Waals surface area contributed by atoms with Gasteiger partial charge in [0, 0.05) is 13.1 Å². The molecule has 0 radical (unpaired) electrons. The van der Waals surface area contributed by atoms with Crippen molar-refractivity contribution in [2.75, 3.05) is 13.1 Å². The van der Waals surface area contributed by atoms with Crippen molar-refractivity contribution in [2.24, 2.45) is 0 Å². The number of nitrogens with zero attached hydrogens (tertiary/aromatic N) is 3. The van der Waals surface area contributed by atoms with Crippen molar-refractivity contribution in [3.63, 3.8) is 0 Å². The molecular weight excluding hydrogens is 435 g/mol. The van der Waals surface area contributed by atoms with E-state index in [1.807, 2.05) is 0 Å². The maximum Gasteiger partial charge on any atom is 0.341 e. The van der Waals surface area contributed by atoms with Crippen LogP contribution < -0.4 is 0 Å². The highest BCUT2D eigenvalue weighted by Gasteiger charge is 2.25. The van der Waals surface area contributed by atoms with Crippen LogP contribution in [0.2, 0.25) is 0 Å². The number of fused-ring (bicyclic) bond motifs is 1. The Morgan fingerprint density at radius 2 is 1.84 bits per heavy atom. The Hall–Kier alpha value is -2.92. The summed E-state index contributed by atoms with van der Waals surface area (Å²) in [6, 6.07) is 8.94. The maximum atomic E-state index is 14.2. The largest absolute Gasteiger partial charge is 0.454 e. The Morgan fingerprint density at radius 3 is 2.48 bits per heavy atom. The molecule has 0 saturated heterocycles. The summed E-state index contributed by atoms with van der Waals surface area (Å²) in [5.41, 5.74) is -0.178. The van der Waals surface area contributed by atoms with Crippen molar-refractivity contribution in [1.82, 2.24) is 13.9 Å². The van der Waals surface area contributed by atoms with Crippen LogP contribution in [0.4, 0.5) is 13.2 Å². The van der Waals surface area contributed by atoms with Crippen LogP contribution in [0.3, 0.4) is 0 Å². The molecule has 0 aliphatic heterocycles. The number of para-hydroxylation sites is 2. The molecule has 0 aliphatic rings. The summed E-state index contributed by atoms with van der Waals surface area (Å²) in [5.74, 6) is -2.41. The number of ether oxygens (including phenoxy) is 1. The number of hydrogen-bond acceptors (Lipinski definition) is 5. The fraction of sp³-hybridized carbons (Fsp3) is 0.300. The summed E-state index contributed by atoms with van der Waals surface area (Å²) in [6.07, 6.45) is 0. The molecule has 0 aliphatic carbocycles. The molecule has 0 spiro atoms. The molecule has 7 nitrogen and oxygen atoms in total. The minimum atomic E-state index is -3.93. The molecule has 1 heterocycles. The van der Waals surface area contributed by atoms with Crippen LogP contribution in [0.5, 0.6) is 0 Å². The van der Waals surface area contributed by atoms with E-state index in [-0.39, 0.29) is 34.8 Å². The molecular formula is C20H20F3N3O4S. The standard InChI is InChI=1S/C20H20F3N3O4S/c1-3-25(4-2)31(28,29)13-9-10-15(21)14(11-13)19(27)30-12-18-24-16-7-5-6-8-17(16)26(18)20(22)23/h5-11,20H,3-4,12H2,1-2H3. The molecule has 11 heteroatoms. The second-order valence-electron chi connectivity index (χ2n) is 6.47. The molecule has 0 saturated carbocycles. The molecule has 3 aromatic rings. The molecule has 0 bridgehead atoms. The zero-order valence-corrected chi connectivity index (χ0v) is 17.6. The lowest BCUT2D eigenvalue weighted by Gasteiger charge is -2.18. The molecule has 0 unspecified atom stereocenters. The number of sulfonamides is 1. The van der Waals surface area contributed by atoms with Gasteiger partial charge in [-0.25, -0.2) is 22.6 Å². The Bertz CT molecular complexity index is 1210. The summed E-state index contributed by atoms with van der Waals surface area (Å²) in [6.45, 7) is 0.105. The number of aromatic nitrogens is 2. The Morgan fingerprint density at radius 1 is 1.16 bits per heavy atom. The lowest BCUT2D eigenvalue weighted by atomic mass is 10.2. The predicted octanol–water partition coefficient (Wildman–Crippen LogP) is 3.96. The van der Waals surface area contributed by atoms with Crippen molar-refractivity contribution in [1.29, 1.82) is 0 Å². The zero-order chi connectivity index (χ0) is 22.8. The van der Waals surface area contributed by atoms with Gasteiger partial charge in [0.1, 0.15) is 12.4 Å². The van der Waals surface area contributed by atoms with E-state index in [0.717, 1.165) is 22.5 Å². The number of esters is 1. The van der Waals surface area contributed by atoms with Gasteiger partial charge in [-0.05, 0) is 30.3 Å².